The van der Waals surface area contributed by atoms with E-state index >= 15 is 0 Å². The molecule has 0 unspecified atom stereocenters. The van der Waals surface area contributed by atoms with Crippen molar-refractivity contribution in [1.29, 1.82) is 0 Å². The summed E-state index contributed by atoms with van der Waals surface area (Å²) >= 11 is 1.83. The minimum atomic E-state index is 0.554. The zero-order valence-electron chi connectivity index (χ0n) is 13.2. The van der Waals surface area contributed by atoms with Crippen LogP contribution in [0.4, 0.5) is 0 Å². The minimum Gasteiger partial charge on any atom is -0.356 e. The second-order valence-corrected chi connectivity index (χ2v) is 6.42. The van der Waals surface area contributed by atoms with E-state index in [4.69, 9.17) is 0 Å². The summed E-state index contributed by atoms with van der Waals surface area (Å²) < 4.78 is 1.98. The number of hydrogen-bond acceptors (Lipinski definition) is 4. The molecule has 1 aromatic rings. The van der Waals surface area contributed by atoms with Gasteiger partial charge in [0, 0.05) is 25.4 Å². The van der Waals surface area contributed by atoms with E-state index < -0.39 is 0 Å². The number of nitrogens with one attached hydrogen (secondary N) is 2. The second-order valence-electron chi connectivity index (χ2n) is 5.43. The van der Waals surface area contributed by atoms with Crippen LogP contribution in [-0.4, -0.2) is 45.3 Å². The van der Waals surface area contributed by atoms with Gasteiger partial charge in [0.15, 0.2) is 11.8 Å². The lowest BCUT2D eigenvalue weighted by atomic mass is 10.2. The normalized spacial score (nSPS) is 16.4. The fourth-order valence-electron chi connectivity index (χ4n) is 2.43. The molecule has 21 heavy (non-hydrogen) atoms. The van der Waals surface area contributed by atoms with Gasteiger partial charge in [0.25, 0.3) is 0 Å². The maximum absolute atomic E-state index is 4.67. The molecule has 0 atom stereocenters. The van der Waals surface area contributed by atoms with Crippen molar-refractivity contribution >= 4 is 17.7 Å². The van der Waals surface area contributed by atoms with E-state index in [1.54, 1.807) is 0 Å². The average molecular weight is 310 g/mol. The SMILES string of the molecule is CSCCNC(=NCc1nnc(C)n1C)NC1CCCC1. The van der Waals surface area contributed by atoms with Gasteiger partial charge < -0.3 is 15.2 Å². The highest BCUT2D eigenvalue weighted by Crippen LogP contribution is 2.17. The molecule has 2 N–H and O–H groups in total. The van der Waals surface area contributed by atoms with Crippen molar-refractivity contribution in [1.82, 2.24) is 25.4 Å². The minimum absolute atomic E-state index is 0.554. The average Bonchev–Trinajstić information content (AvgIpc) is 3.09. The van der Waals surface area contributed by atoms with Gasteiger partial charge >= 0.3 is 0 Å². The van der Waals surface area contributed by atoms with Crippen LogP contribution in [0.5, 0.6) is 0 Å². The van der Waals surface area contributed by atoms with Gasteiger partial charge in [0.05, 0.1) is 0 Å². The van der Waals surface area contributed by atoms with Gasteiger partial charge in [-0.3, -0.25) is 0 Å². The molecule has 1 saturated carbocycles. The first-order valence-corrected chi connectivity index (χ1v) is 8.98. The third kappa shape index (κ3) is 4.91. The van der Waals surface area contributed by atoms with Crippen LogP contribution in [0.25, 0.3) is 0 Å². The van der Waals surface area contributed by atoms with E-state index in [0.29, 0.717) is 12.6 Å². The Hall–Kier alpha value is -1.24. The van der Waals surface area contributed by atoms with E-state index in [9.17, 15) is 0 Å². The zero-order valence-corrected chi connectivity index (χ0v) is 14.0. The summed E-state index contributed by atoms with van der Waals surface area (Å²) in [5.41, 5.74) is 0. The van der Waals surface area contributed by atoms with Gasteiger partial charge in [-0.25, -0.2) is 4.99 Å². The topological polar surface area (TPSA) is 67.1 Å². The summed E-state index contributed by atoms with van der Waals surface area (Å²) in [7, 11) is 1.98. The van der Waals surface area contributed by atoms with Crippen LogP contribution in [0.2, 0.25) is 0 Å². The first kappa shape index (κ1) is 16.1. The first-order chi connectivity index (χ1) is 10.2. The Morgan fingerprint density at radius 1 is 1.38 bits per heavy atom. The van der Waals surface area contributed by atoms with Crippen LogP contribution in [0.1, 0.15) is 37.3 Å². The Balaban J connectivity index is 1.95. The second kappa shape index (κ2) is 8.26. The molecule has 118 valence electrons. The highest BCUT2D eigenvalue weighted by Gasteiger charge is 2.16. The molecule has 1 aliphatic rings. The standard InChI is InChI=1S/C14H26N6S/c1-11-18-19-13(20(11)2)10-16-14(15-8-9-21-3)17-12-6-4-5-7-12/h12H,4-10H2,1-3H3,(H2,15,16,17). The predicted molar refractivity (Wildman–Crippen MR) is 88.7 cm³/mol. The van der Waals surface area contributed by atoms with Crippen molar-refractivity contribution in [2.24, 2.45) is 12.0 Å². The van der Waals surface area contributed by atoms with Crippen LogP contribution in [0.15, 0.2) is 4.99 Å². The lowest BCUT2D eigenvalue weighted by Crippen LogP contribution is -2.43. The lowest BCUT2D eigenvalue weighted by Gasteiger charge is -2.17. The smallest absolute Gasteiger partial charge is 0.191 e. The van der Waals surface area contributed by atoms with Gasteiger partial charge in [-0.05, 0) is 26.0 Å². The molecule has 0 aliphatic heterocycles. The number of aryl methyl sites for hydroxylation is 1. The Morgan fingerprint density at radius 3 is 2.76 bits per heavy atom. The van der Waals surface area contributed by atoms with Crippen molar-refractivity contribution in [2.45, 2.75) is 45.2 Å². The molecule has 0 saturated heterocycles. The third-order valence-electron chi connectivity index (χ3n) is 3.86. The van der Waals surface area contributed by atoms with Gasteiger partial charge in [-0.1, -0.05) is 12.8 Å². The molecule has 0 amide bonds. The molecule has 0 aromatic carbocycles. The molecule has 0 radical (unpaired) electrons. The van der Waals surface area contributed by atoms with Crippen LogP contribution in [-0.2, 0) is 13.6 Å². The molecular formula is C14H26N6S. The number of nitrogens with zero attached hydrogens (tertiary/aromatic N) is 4. The van der Waals surface area contributed by atoms with Crippen LogP contribution >= 0.6 is 11.8 Å². The number of guanidine groups is 1. The molecule has 1 heterocycles. The summed E-state index contributed by atoms with van der Waals surface area (Å²) in [6.45, 7) is 3.44. The number of aliphatic imine (C=N–C) groups is 1. The Kier molecular flexibility index (Phi) is 6.35. The molecule has 1 aliphatic carbocycles. The number of thioether (sulfide) groups is 1. The molecule has 1 fully saturated rings. The van der Waals surface area contributed by atoms with Gasteiger partial charge in [0.2, 0.25) is 0 Å². The van der Waals surface area contributed by atoms with Crippen LogP contribution < -0.4 is 10.6 Å². The fraction of sp³-hybridized carbons (Fsp3) is 0.786. The largest absolute Gasteiger partial charge is 0.356 e. The predicted octanol–water partition coefficient (Wildman–Crippen LogP) is 1.46. The molecular weight excluding hydrogens is 284 g/mol. The van der Waals surface area contributed by atoms with Gasteiger partial charge in [0.1, 0.15) is 12.4 Å². The third-order valence-corrected chi connectivity index (χ3v) is 4.47. The summed E-state index contributed by atoms with van der Waals surface area (Å²) in [5.74, 6) is 3.79. The molecule has 1 aromatic heterocycles. The van der Waals surface area contributed by atoms with Gasteiger partial charge in [-0.2, -0.15) is 11.8 Å². The van der Waals surface area contributed by atoms with Crippen LogP contribution in [0, 0.1) is 6.92 Å². The fourth-order valence-corrected chi connectivity index (χ4v) is 2.73. The Bertz CT molecular complexity index is 464. The van der Waals surface area contributed by atoms with E-state index in [-0.39, 0.29) is 0 Å². The highest BCUT2D eigenvalue weighted by molar-refractivity contribution is 7.98. The number of aromatic nitrogens is 3. The molecule has 2 rings (SSSR count). The summed E-state index contributed by atoms with van der Waals surface area (Å²) in [6.07, 6.45) is 7.24. The van der Waals surface area contributed by atoms with Crippen molar-refractivity contribution in [3.63, 3.8) is 0 Å². The van der Waals surface area contributed by atoms with Crippen molar-refractivity contribution in [3.05, 3.63) is 11.6 Å². The summed E-state index contributed by atoms with van der Waals surface area (Å²) in [4.78, 5) is 4.67. The van der Waals surface area contributed by atoms with E-state index in [0.717, 1.165) is 29.9 Å². The van der Waals surface area contributed by atoms with Crippen molar-refractivity contribution in [3.8, 4) is 0 Å². The van der Waals surface area contributed by atoms with E-state index in [1.807, 2.05) is 30.3 Å². The lowest BCUT2D eigenvalue weighted by molar-refractivity contribution is 0.612. The molecule has 7 heteroatoms. The molecule has 6 nitrogen and oxygen atoms in total. The van der Waals surface area contributed by atoms with E-state index in [2.05, 4.69) is 32.1 Å². The molecule has 0 bridgehead atoms. The number of rotatable bonds is 6. The monoisotopic (exact) mass is 310 g/mol. The van der Waals surface area contributed by atoms with Crippen molar-refractivity contribution < 1.29 is 0 Å². The molecule has 0 spiro atoms. The van der Waals surface area contributed by atoms with Gasteiger partial charge in [-0.15, -0.1) is 10.2 Å². The van der Waals surface area contributed by atoms with E-state index in [1.165, 1.54) is 25.7 Å². The first-order valence-electron chi connectivity index (χ1n) is 7.59. The van der Waals surface area contributed by atoms with Crippen LogP contribution in [0.3, 0.4) is 0 Å². The summed E-state index contributed by atoms with van der Waals surface area (Å²) in [5, 5.41) is 15.2. The van der Waals surface area contributed by atoms with Crippen molar-refractivity contribution in [2.75, 3.05) is 18.6 Å². The Morgan fingerprint density at radius 2 is 2.14 bits per heavy atom. The summed E-state index contributed by atoms with van der Waals surface area (Å²) in [6, 6.07) is 0.562. The maximum Gasteiger partial charge on any atom is 0.191 e. The maximum atomic E-state index is 4.67. The Labute approximate surface area is 131 Å². The highest BCUT2D eigenvalue weighted by atomic mass is 32.2. The number of hydrogen-bond donors (Lipinski definition) is 2. The quantitative estimate of drug-likeness (QED) is 0.473. The zero-order chi connectivity index (χ0) is 15.1.